The fourth-order valence-electron chi connectivity index (χ4n) is 4.88. The van der Waals surface area contributed by atoms with Gasteiger partial charge in [-0.15, -0.1) is 0 Å². The Hall–Kier alpha value is -3.84. The van der Waals surface area contributed by atoms with Gasteiger partial charge >= 0.3 is 0 Å². The van der Waals surface area contributed by atoms with E-state index in [1.54, 1.807) is 41.3 Å². The van der Waals surface area contributed by atoms with Crippen molar-refractivity contribution in [2.45, 2.75) is 46.1 Å². The molecule has 0 saturated carbocycles. The molecule has 38 heavy (non-hydrogen) atoms. The summed E-state index contributed by atoms with van der Waals surface area (Å²) < 4.78 is 5.93. The molecule has 196 valence electrons. The summed E-state index contributed by atoms with van der Waals surface area (Å²) in [4.78, 5) is 40.3. The molecule has 3 aromatic carbocycles. The van der Waals surface area contributed by atoms with E-state index in [0.717, 1.165) is 36.9 Å². The Bertz CT molecular complexity index is 1420. The molecule has 0 bridgehead atoms. The monoisotopic (exact) mass is 531 g/mol. The lowest BCUT2D eigenvalue weighted by molar-refractivity contribution is -0.124. The van der Waals surface area contributed by atoms with E-state index in [-0.39, 0.29) is 36.6 Å². The minimum Gasteiger partial charge on any atom is -0.472 e. The predicted molar refractivity (Wildman–Crippen MR) is 148 cm³/mol. The number of fused-ring (bicyclic) bond motifs is 2. The Kier molecular flexibility index (Phi) is 7.38. The zero-order valence-electron chi connectivity index (χ0n) is 21.5. The number of benzene rings is 3. The summed E-state index contributed by atoms with van der Waals surface area (Å²) in [7, 11) is 0. The highest BCUT2D eigenvalue weighted by Gasteiger charge is 2.30. The zero-order valence-corrected chi connectivity index (χ0v) is 22.2. The normalized spacial score (nSPS) is 14.4. The van der Waals surface area contributed by atoms with Crippen LogP contribution in [0, 0.1) is 5.92 Å². The van der Waals surface area contributed by atoms with E-state index in [9.17, 15) is 14.4 Å². The van der Waals surface area contributed by atoms with Crippen LogP contribution in [0.5, 0.6) is 5.75 Å². The van der Waals surface area contributed by atoms with Gasteiger partial charge in [-0.05, 0) is 78.8 Å². The van der Waals surface area contributed by atoms with Crippen LogP contribution in [-0.2, 0) is 24.2 Å². The number of anilines is 2. The van der Waals surface area contributed by atoms with Gasteiger partial charge in [0.1, 0.15) is 5.75 Å². The van der Waals surface area contributed by atoms with Crippen LogP contribution in [0.15, 0.2) is 54.6 Å². The second kappa shape index (κ2) is 10.9. The number of hydrogen-bond donors (Lipinski definition) is 2. The van der Waals surface area contributed by atoms with E-state index >= 15 is 0 Å². The van der Waals surface area contributed by atoms with Gasteiger partial charge < -0.3 is 15.4 Å². The number of rotatable bonds is 6. The number of carbonyl (C=O) groups is 3. The third kappa shape index (κ3) is 5.24. The molecule has 1 aliphatic heterocycles. The summed E-state index contributed by atoms with van der Waals surface area (Å²) in [5.41, 5.74) is 5.26. The van der Waals surface area contributed by atoms with E-state index in [4.69, 9.17) is 16.3 Å². The van der Waals surface area contributed by atoms with Crippen molar-refractivity contribution < 1.29 is 19.1 Å². The summed E-state index contributed by atoms with van der Waals surface area (Å²) in [5, 5.41) is 5.98. The van der Waals surface area contributed by atoms with E-state index in [1.165, 1.54) is 11.1 Å². The van der Waals surface area contributed by atoms with Gasteiger partial charge in [-0.2, -0.15) is 0 Å². The molecule has 8 heteroatoms. The molecular formula is C30H30ClN3O4. The second-order valence-electron chi connectivity index (χ2n) is 9.98. The highest BCUT2D eigenvalue weighted by molar-refractivity contribution is 6.34. The Morgan fingerprint density at radius 2 is 1.87 bits per heavy atom. The second-order valence-corrected chi connectivity index (χ2v) is 10.4. The largest absolute Gasteiger partial charge is 0.472 e. The van der Waals surface area contributed by atoms with Crippen molar-refractivity contribution in [2.24, 2.45) is 5.92 Å². The van der Waals surface area contributed by atoms with Crippen LogP contribution in [0.2, 0.25) is 5.02 Å². The van der Waals surface area contributed by atoms with Gasteiger partial charge in [0.2, 0.25) is 5.91 Å². The minimum absolute atomic E-state index is 0.0723. The lowest BCUT2D eigenvalue weighted by atomic mass is 9.90. The number of halogens is 1. The average molecular weight is 532 g/mol. The van der Waals surface area contributed by atoms with Gasteiger partial charge in [0.05, 0.1) is 21.8 Å². The topological polar surface area (TPSA) is 87.7 Å². The lowest BCUT2D eigenvalue weighted by Crippen LogP contribution is -2.39. The molecule has 0 unspecified atom stereocenters. The molecule has 0 radical (unpaired) electrons. The van der Waals surface area contributed by atoms with Gasteiger partial charge in [0.25, 0.3) is 11.8 Å². The van der Waals surface area contributed by atoms with Crippen LogP contribution in [0.4, 0.5) is 11.4 Å². The van der Waals surface area contributed by atoms with Crippen molar-refractivity contribution in [1.82, 2.24) is 5.32 Å². The first kappa shape index (κ1) is 25.8. The molecule has 0 atom stereocenters. The molecule has 3 aromatic rings. The highest BCUT2D eigenvalue weighted by Crippen LogP contribution is 2.35. The maximum absolute atomic E-state index is 13.6. The number of ether oxygens (including phenoxy) is 1. The Balaban J connectivity index is 1.35. The third-order valence-electron chi connectivity index (χ3n) is 6.99. The molecule has 7 nitrogen and oxygen atoms in total. The Morgan fingerprint density at radius 1 is 1.05 bits per heavy atom. The van der Waals surface area contributed by atoms with Crippen LogP contribution in [0.3, 0.4) is 0 Å². The first-order chi connectivity index (χ1) is 18.3. The summed E-state index contributed by atoms with van der Waals surface area (Å²) in [5.74, 6) is -0.302. The summed E-state index contributed by atoms with van der Waals surface area (Å²) in [6, 6.07) is 16.2. The van der Waals surface area contributed by atoms with Crippen molar-refractivity contribution >= 4 is 40.7 Å². The van der Waals surface area contributed by atoms with Crippen LogP contribution >= 0.6 is 11.6 Å². The van der Waals surface area contributed by atoms with Crippen molar-refractivity contribution in [2.75, 3.05) is 16.9 Å². The fourth-order valence-corrected chi connectivity index (χ4v) is 5.08. The number of nitrogens with zero attached hydrogens (tertiary/aromatic N) is 1. The van der Waals surface area contributed by atoms with Crippen LogP contribution in [0.1, 0.15) is 64.1 Å². The van der Waals surface area contributed by atoms with Gasteiger partial charge in [0.15, 0.2) is 6.73 Å². The zero-order chi connectivity index (χ0) is 26.8. The summed E-state index contributed by atoms with van der Waals surface area (Å²) in [6.07, 6.45) is 4.23. The minimum atomic E-state index is -0.412. The van der Waals surface area contributed by atoms with E-state index < -0.39 is 5.91 Å². The van der Waals surface area contributed by atoms with Gasteiger partial charge in [-0.1, -0.05) is 43.6 Å². The standard InChI is InChI=1S/C30H30ClN3O4/c1-18(2)28(35)32-16-19-10-12-25(31)23(14-19)29(36)33-21-11-13-27-24(15-21)30(37)34(17-38-27)26-9-5-7-20-6-3-4-8-22(20)26/h5,7,9-15,18H,3-4,6,8,16-17H2,1-2H3,(H,32,35)(H,33,36). The van der Waals surface area contributed by atoms with Crippen molar-refractivity contribution in [3.63, 3.8) is 0 Å². The van der Waals surface area contributed by atoms with Crippen molar-refractivity contribution in [1.29, 1.82) is 0 Å². The molecule has 0 fully saturated rings. The number of aryl methyl sites for hydroxylation is 1. The van der Waals surface area contributed by atoms with Gasteiger partial charge in [-0.25, -0.2) is 0 Å². The van der Waals surface area contributed by atoms with Gasteiger partial charge in [-0.3, -0.25) is 19.3 Å². The molecule has 1 heterocycles. The van der Waals surface area contributed by atoms with Crippen LogP contribution < -0.4 is 20.3 Å². The fraction of sp³-hybridized carbons (Fsp3) is 0.300. The smallest absolute Gasteiger partial charge is 0.264 e. The number of nitrogens with one attached hydrogen (secondary N) is 2. The van der Waals surface area contributed by atoms with Crippen LogP contribution in [0.25, 0.3) is 0 Å². The molecular weight excluding hydrogens is 502 g/mol. The maximum Gasteiger partial charge on any atom is 0.264 e. The molecule has 3 amide bonds. The first-order valence-electron chi connectivity index (χ1n) is 12.9. The Labute approximate surface area is 227 Å². The lowest BCUT2D eigenvalue weighted by Gasteiger charge is -2.32. The van der Waals surface area contributed by atoms with Crippen molar-refractivity contribution in [3.8, 4) is 5.75 Å². The number of carbonyl (C=O) groups excluding carboxylic acids is 3. The number of amides is 3. The predicted octanol–water partition coefficient (Wildman–Crippen LogP) is 5.74. The van der Waals surface area contributed by atoms with E-state index in [0.29, 0.717) is 22.0 Å². The van der Waals surface area contributed by atoms with Gasteiger partial charge in [0, 0.05) is 18.2 Å². The van der Waals surface area contributed by atoms with E-state index in [2.05, 4.69) is 16.7 Å². The van der Waals surface area contributed by atoms with E-state index in [1.807, 2.05) is 26.0 Å². The SMILES string of the molecule is CC(C)C(=O)NCc1ccc(Cl)c(C(=O)Nc2ccc3c(c2)C(=O)N(c2cccc4c2CCCC4)CO3)c1. The molecule has 2 N–H and O–H groups in total. The quantitative estimate of drug-likeness (QED) is 0.424. The molecule has 1 aliphatic carbocycles. The highest BCUT2D eigenvalue weighted by atomic mass is 35.5. The van der Waals surface area contributed by atoms with Crippen LogP contribution in [-0.4, -0.2) is 24.5 Å². The third-order valence-corrected chi connectivity index (χ3v) is 7.32. The summed E-state index contributed by atoms with van der Waals surface area (Å²) >= 11 is 6.32. The number of hydrogen-bond acceptors (Lipinski definition) is 4. The first-order valence-corrected chi connectivity index (χ1v) is 13.3. The summed E-state index contributed by atoms with van der Waals surface area (Å²) in [6.45, 7) is 4.07. The maximum atomic E-state index is 13.6. The Morgan fingerprint density at radius 3 is 2.68 bits per heavy atom. The average Bonchev–Trinajstić information content (AvgIpc) is 2.92. The molecule has 0 aromatic heterocycles. The molecule has 0 spiro atoms. The molecule has 2 aliphatic rings. The van der Waals surface area contributed by atoms with Crippen molar-refractivity contribution in [3.05, 3.63) is 87.4 Å². The molecule has 0 saturated heterocycles. The molecule has 5 rings (SSSR count).